The molecule has 0 aliphatic carbocycles. The van der Waals surface area contributed by atoms with Crippen LogP contribution in [0, 0.1) is 0 Å². The maximum absolute atomic E-state index is 11.1. The Kier molecular flexibility index (Phi) is 3.41. The first-order valence-corrected chi connectivity index (χ1v) is 5.40. The summed E-state index contributed by atoms with van der Waals surface area (Å²) in [5, 5.41) is 12.1. The van der Waals surface area contributed by atoms with Gasteiger partial charge in [-0.05, 0) is 17.7 Å². The first kappa shape index (κ1) is 11.0. The Morgan fingerprint density at radius 3 is 3.19 bits per heavy atom. The van der Waals surface area contributed by atoms with Gasteiger partial charge in [-0.25, -0.2) is 0 Å². The average Bonchev–Trinajstić information content (AvgIpc) is 2.44. The van der Waals surface area contributed by atoms with E-state index in [1.54, 1.807) is 18.2 Å². The van der Waals surface area contributed by atoms with E-state index >= 15 is 0 Å². The Balaban J connectivity index is 1.96. The number of carbonyl (C=O) groups excluding carboxylic acids is 1. The van der Waals surface area contributed by atoms with Gasteiger partial charge >= 0.3 is 0 Å². The topological polar surface area (TPSA) is 58.6 Å². The molecule has 1 unspecified atom stereocenters. The quantitative estimate of drug-likeness (QED) is 0.778. The second-order valence-corrected chi connectivity index (χ2v) is 3.92. The van der Waals surface area contributed by atoms with Crippen molar-refractivity contribution in [2.24, 2.45) is 0 Å². The second-order valence-electron chi connectivity index (χ2n) is 3.92. The first-order chi connectivity index (χ1) is 7.74. The molecule has 0 radical (unpaired) electrons. The zero-order valence-electron chi connectivity index (χ0n) is 8.98. The molecule has 1 atom stereocenters. The third-order valence-electron chi connectivity index (χ3n) is 2.58. The van der Waals surface area contributed by atoms with Crippen LogP contribution >= 0.6 is 0 Å². The standard InChI is InChI=1S/C12H15NO3/c14-10-3-1-2-9(6-10)7-11-8-13-12(15)4-5-16-11/h1-3,6,11,14H,4-5,7-8H2,(H,13,15). The van der Waals surface area contributed by atoms with E-state index in [0.717, 1.165) is 5.56 Å². The van der Waals surface area contributed by atoms with Crippen molar-refractivity contribution in [3.63, 3.8) is 0 Å². The van der Waals surface area contributed by atoms with Gasteiger partial charge in [0.15, 0.2) is 0 Å². The lowest BCUT2D eigenvalue weighted by Gasteiger charge is -2.14. The number of hydrogen-bond acceptors (Lipinski definition) is 3. The lowest BCUT2D eigenvalue weighted by atomic mass is 10.1. The van der Waals surface area contributed by atoms with E-state index in [2.05, 4.69) is 5.32 Å². The van der Waals surface area contributed by atoms with E-state index in [1.807, 2.05) is 6.07 Å². The van der Waals surface area contributed by atoms with E-state index in [0.29, 0.717) is 26.0 Å². The number of nitrogens with one attached hydrogen (secondary N) is 1. The van der Waals surface area contributed by atoms with Gasteiger partial charge in [-0.1, -0.05) is 12.1 Å². The highest BCUT2D eigenvalue weighted by Gasteiger charge is 2.16. The minimum absolute atomic E-state index is 0.00625. The summed E-state index contributed by atoms with van der Waals surface area (Å²) in [5.74, 6) is 0.300. The summed E-state index contributed by atoms with van der Waals surface area (Å²) in [6.45, 7) is 1.00. The molecule has 16 heavy (non-hydrogen) atoms. The summed E-state index contributed by atoms with van der Waals surface area (Å²) in [7, 11) is 0. The van der Waals surface area contributed by atoms with Crippen molar-refractivity contribution < 1.29 is 14.6 Å². The normalized spacial score (nSPS) is 21.2. The fourth-order valence-electron chi connectivity index (χ4n) is 1.77. The van der Waals surface area contributed by atoms with E-state index < -0.39 is 0 Å². The van der Waals surface area contributed by atoms with E-state index in [-0.39, 0.29) is 17.8 Å². The molecule has 1 aliphatic rings. The minimum Gasteiger partial charge on any atom is -0.508 e. The second kappa shape index (κ2) is 4.99. The van der Waals surface area contributed by atoms with Crippen LogP contribution in [0.25, 0.3) is 0 Å². The predicted molar refractivity (Wildman–Crippen MR) is 59.2 cm³/mol. The molecule has 4 nitrogen and oxygen atoms in total. The van der Waals surface area contributed by atoms with Crippen molar-refractivity contribution in [1.82, 2.24) is 5.32 Å². The lowest BCUT2D eigenvalue weighted by molar-refractivity contribution is -0.120. The predicted octanol–water partition coefficient (Wildman–Crippen LogP) is 0.840. The summed E-state index contributed by atoms with van der Waals surface area (Å²) in [6.07, 6.45) is 1.12. The Labute approximate surface area is 94.2 Å². The Morgan fingerprint density at radius 1 is 1.50 bits per heavy atom. The molecule has 1 fully saturated rings. The Bertz CT molecular complexity index is 378. The number of phenolic OH excluding ortho intramolecular Hbond substituents is 1. The van der Waals surface area contributed by atoms with Crippen molar-refractivity contribution in [2.75, 3.05) is 13.2 Å². The zero-order chi connectivity index (χ0) is 11.4. The third-order valence-corrected chi connectivity index (χ3v) is 2.58. The zero-order valence-corrected chi connectivity index (χ0v) is 8.98. The minimum atomic E-state index is -0.00625. The van der Waals surface area contributed by atoms with E-state index in [9.17, 15) is 9.90 Å². The monoisotopic (exact) mass is 221 g/mol. The van der Waals surface area contributed by atoms with Gasteiger partial charge in [-0.3, -0.25) is 4.79 Å². The van der Waals surface area contributed by atoms with Crippen molar-refractivity contribution in [2.45, 2.75) is 18.9 Å². The number of amides is 1. The van der Waals surface area contributed by atoms with Gasteiger partial charge in [-0.15, -0.1) is 0 Å². The fourth-order valence-corrected chi connectivity index (χ4v) is 1.77. The van der Waals surface area contributed by atoms with Crippen LogP contribution in [0.15, 0.2) is 24.3 Å². The highest BCUT2D eigenvalue weighted by atomic mass is 16.5. The van der Waals surface area contributed by atoms with Crippen molar-refractivity contribution in [3.8, 4) is 5.75 Å². The van der Waals surface area contributed by atoms with Crippen molar-refractivity contribution in [3.05, 3.63) is 29.8 Å². The number of hydrogen-bond donors (Lipinski definition) is 2. The Hall–Kier alpha value is -1.55. The molecular formula is C12H15NO3. The number of rotatable bonds is 2. The molecule has 0 spiro atoms. The maximum atomic E-state index is 11.1. The van der Waals surface area contributed by atoms with Crippen molar-refractivity contribution >= 4 is 5.91 Å². The molecule has 1 aromatic carbocycles. The molecule has 0 bridgehead atoms. The van der Waals surface area contributed by atoms with Gasteiger partial charge in [0.2, 0.25) is 5.91 Å². The van der Waals surface area contributed by atoms with E-state index in [4.69, 9.17) is 4.74 Å². The van der Waals surface area contributed by atoms with Crippen LogP contribution in [0.4, 0.5) is 0 Å². The van der Waals surface area contributed by atoms with Crippen molar-refractivity contribution in [1.29, 1.82) is 0 Å². The summed E-state index contributed by atoms with van der Waals surface area (Å²) in [5.41, 5.74) is 1.01. The van der Waals surface area contributed by atoms with Gasteiger partial charge < -0.3 is 15.2 Å². The molecule has 1 heterocycles. The van der Waals surface area contributed by atoms with Crippen LogP contribution in [0.3, 0.4) is 0 Å². The van der Waals surface area contributed by atoms with Gasteiger partial charge in [0.05, 0.1) is 12.7 Å². The van der Waals surface area contributed by atoms with Gasteiger partial charge in [-0.2, -0.15) is 0 Å². The van der Waals surface area contributed by atoms with Crippen LogP contribution in [0.1, 0.15) is 12.0 Å². The molecule has 2 N–H and O–H groups in total. The third kappa shape index (κ3) is 2.97. The number of aromatic hydroxyl groups is 1. The summed E-state index contributed by atoms with van der Waals surface area (Å²) in [6, 6.07) is 7.10. The summed E-state index contributed by atoms with van der Waals surface area (Å²) >= 11 is 0. The van der Waals surface area contributed by atoms with Gasteiger partial charge in [0, 0.05) is 19.4 Å². The highest BCUT2D eigenvalue weighted by Crippen LogP contribution is 2.14. The molecule has 1 saturated heterocycles. The number of phenols is 1. The molecular weight excluding hydrogens is 206 g/mol. The summed E-state index contributed by atoms with van der Waals surface area (Å²) < 4.78 is 5.55. The van der Waals surface area contributed by atoms with Crippen LogP contribution in [0.2, 0.25) is 0 Å². The highest BCUT2D eigenvalue weighted by molar-refractivity contribution is 5.76. The smallest absolute Gasteiger partial charge is 0.222 e. The molecule has 86 valence electrons. The van der Waals surface area contributed by atoms with Crippen LogP contribution in [-0.4, -0.2) is 30.3 Å². The molecule has 1 aromatic rings. The number of ether oxygens (including phenoxy) is 1. The molecule has 1 aliphatic heterocycles. The summed E-state index contributed by atoms with van der Waals surface area (Å²) in [4.78, 5) is 11.1. The Morgan fingerprint density at radius 2 is 2.38 bits per heavy atom. The molecule has 4 heteroatoms. The lowest BCUT2D eigenvalue weighted by Crippen LogP contribution is -2.30. The van der Waals surface area contributed by atoms with Gasteiger partial charge in [0.25, 0.3) is 0 Å². The van der Waals surface area contributed by atoms with E-state index in [1.165, 1.54) is 0 Å². The number of benzene rings is 1. The number of carbonyl (C=O) groups is 1. The molecule has 0 aromatic heterocycles. The van der Waals surface area contributed by atoms with Gasteiger partial charge in [0.1, 0.15) is 5.75 Å². The van der Waals surface area contributed by atoms with Crippen LogP contribution < -0.4 is 5.32 Å². The average molecular weight is 221 g/mol. The SMILES string of the molecule is O=C1CCOC(Cc2cccc(O)c2)CN1. The first-order valence-electron chi connectivity index (χ1n) is 5.40. The van der Waals surface area contributed by atoms with Crippen LogP contribution in [0.5, 0.6) is 5.75 Å². The molecule has 1 amide bonds. The molecule has 0 saturated carbocycles. The fraction of sp³-hybridized carbons (Fsp3) is 0.417. The molecule has 2 rings (SSSR count). The van der Waals surface area contributed by atoms with Crippen LogP contribution in [-0.2, 0) is 16.0 Å². The maximum Gasteiger partial charge on any atom is 0.222 e. The largest absolute Gasteiger partial charge is 0.508 e.